The normalized spacial score (nSPS) is 20.3. The van der Waals surface area contributed by atoms with Crippen molar-refractivity contribution in [3.05, 3.63) is 6.20 Å². The summed E-state index contributed by atoms with van der Waals surface area (Å²) in [7, 11) is 0. The van der Waals surface area contributed by atoms with Crippen molar-refractivity contribution < 1.29 is 0 Å². The van der Waals surface area contributed by atoms with Gasteiger partial charge < -0.3 is 5.73 Å². The quantitative estimate of drug-likeness (QED) is 0.827. The molecule has 0 radical (unpaired) electrons. The molecule has 0 amide bonds. The van der Waals surface area contributed by atoms with Gasteiger partial charge in [0, 0.05) is 6.54 Å². The Morgan fingerprint density at radius 3 is 2.80 bits per heavy atom. The van der Waals surface area contributed by atoms with Crippen molar-refractivity contribution in [2.75, 3.05) is 5.73 Å². The summed E-state index contributed by atoms with van der Waals surface area (Å²) >= 11 is 0. The van der Waals surface area contributed by atoms with Crippen LogP contribution in [0.3, 0.4) is 0 Å². The third kappa shape index (κ3) is 2.70. The number of aromatic nitrogens is 3. The van der Waals surface area contributed by atoms with E-state index in [1.807, 2.05) is 10.9 Å². The second-order valence-corrected chi connectivity index (χ2v) is 4.74. The maximum atomic E-state index is 5.54. The molecule has 0 aliphatic heterocycles. The van der Waals surface area contributed by atoms with E-state index in [0.717, 1.165) is 12.5 Å². The SMILES string of the molecule is CC(Cn1cc(N)nn1)C1CCCCC1. The molecule has 4 nitrogen and oxygen atoms in total. The number of hydrogen-bond donors (Lipinski definition) is 1. The maximum absolute atomic E-state index is 5.54. The first kappa shape index (κ1) is 10.5. The standard InChI is InChI=1S/C11H20N4/c1-9(10-5-3-2-4-6-10)7-15-8-11(12)13-14-15/h8-10H,2-7,12H2,1H3. The van der Waals surface area contributed by atoms with Gasteiger partial charge >= 0.3 is 0 Å². The second kappa shape index (κ2) is 4.64. The van der Waals surface area contributed by atoms with E-state index in [2.05, 4.69) is 17.2 Å². The summed E-state index contributed by atoms with van der Waals surface area (Å²) in [4.78, 5) is 0. The van der Waals surface area contributed by atoms with Gasteiger partial charge in [-0.15, -0.1) is 5.10 Å². The lowest BCUT2D eigenvalue weighted by molar-refractivity contribution is 0.234. The molecule has 1 aliphatic carbocycles. The predicted molar refractivity (Wildman–Crippen MR) is 60.2 cm³/mol. The Morgan fingerprint density at radius 2 is 2.20 bits per heavy atom. The molecule has 1 aromatic heterocycles. The first-order valence-electron chi connectivity index (χ1n) is 5.91. The van der Waals surface area contributed by atoms with Crippen LogP contribution in [0.4, 0.5) is 5.82 Å². The summed E-state index contributed by atoms with van der Waals surface area (Å²) in [5.41, 5.74) is 5.54. The average Bonchev–Trinajstić information content (AvgIpc) is 2.65. The van der Waals surface area contributed by atoms with Crippen molar-refractivity contribution >= 4 is 5.82 Å². The highest BCUT2D eigenvalue weighted by molar-refractivity contribution is 5.19. The number of nitrogens with zero attached hydrogens (tertiary/aromatic N) is 3. The summed E-state index contributed by atoms with van der Waals surface area (Å²) in [6, 6.07) is 0. The molecule has 1 aromatic rings. The van der Waals surface area contributed by atoms with Crippen LogP contribution in [0.25, 0.3) is 0 Å². The van der Waals surface area contributed by atoms with Gasteiger partial charge in [-0.3, -0.25) is 4.68 Å². The van der Waals surface area contributed by atoms with E-state index in [1.54, 1.807) is 0 Å². The zero-order chi connectivity index (χ0) is 10.7. The molecular formula is C11H20N4. The minimum Gasteiger partial charge on any atom is -0.381 e. The number of hydrogen-bond acceptors (Lipinski definition) is 3. The van der Waals surface area contributed by atoms with Gasteiger partial charge in [-0.05, 0) is 11.8 Å². The van der Waals surface area contributed by atoms with E-state index < -0.39 is 0 Å². The molecule has 0 bridgehead atoms. The zero-order valence-electron chi connectivity index (χ0n) is 9.39. The van der Waals surface area contributed by atoms with Gasteiger partial charge in [-0.1, -0.05) is 44.2 Å². The van der Waals surface area contributed by atoms with Crippen molar-refractivity contribution in [3.8, 4) is 0 Å². The lowest BCUT2D eigenvalue weighted by Crippen LogP contribution is -2.20. The minimum atomic E-state index is 0.519. The van der Waals surface area contributed by atoms with Gasteiger partial charge in [0.1, 0.15) is 0 Å². The van der Waals surface area contributed by atoms with E-state index in [0.29, 0.717) is 11.7 Å². The van der Waals surface area contributed by atoms with E-state index in [4.69, 9.17) is 5.73 Å². The van der Waals surface area contributed by atoms with Gasteiger partial charge in [0.15, 0.2) is 5.82 Å². The number of nitrogens with two attached hydrogens (primary N) is 1. The van der Waals surface area contributed by atoms with Crippen LogP contribution in [-0.2, 0) is 6.54 Å². The lowest BCUT2D eigenvalue weighted by atomic mass is 9.81. The van der Waals surface area contributed by atoms with Gasteiger partial charge in [-0.25, -0.2) is 0 Å². The molecule has 15 heavy (non-hydrogen) atoms. The summed E-state index contributed by atoms with van der Waals surface area (Å²) in [6.45, 7) is 3.27. The largest absolute Gasteiger partial charge is 0.381 e. The van der Waals surface area contributed by atoms with Crippen LogP contribution in [0.2, 0.25) is 0 Å². The van der Waals surface area contributed by atoms with Crippen LogP contribution in [0.5, 0.6) is 0 Å². The molecule has 2 rings (SSSR count). The molecule has 1 fully saturated rings. The van der Waals surface area contributed by atoms with Crippen LogP contribution in [0, 0.1) is 11.8 Å². The Morgan fingerprint density at radius 1 is 1.47 bits per heavy atom. The molecule has 1 unspecified atom stereocenters. The highest BCUT2D eigenvalue weighted by atomic mass is 15.4. The summed E-state index contributed by atoms with van der Waals surface area (Å²) in [5, 5.41) is 7.80. The van der Waals surface area contributed by atoms with Crippen LogP contribution in [0.1, 0.15) is 39.0 Å². The Hall–Kier alpha value is -1.06. The third-order valence-corrected chi connectivity index (χ3v) is 3.49. The molecule has 0 spiro atoms. The molecule has 4 heteroatoms. The molecule has 2 N–H and O–H groups in total. The fraction of sp³-hybridized carbons (Fsp3) is 0.818. The monoisotopic (exact) mass is 208 g/mol. The Balaban J connectivity index is 1.88. The predicted octanol–water partition coefficient (Wildman–Crippen LogP) is 2.08. The topological polar surface area (TPSA) is 56.7 Å². The zero-order valence-corrected chi connectivity index (χ0v) is 9.39. The molecular weight excluding hydrogens is 188 g/mol. The minimum absolute atomic E-state index is 0.519. The second-order valence-electron chi connectivity index (χ2n) is 4.74. The van der Waals surface area contributed by atoms with Crippen LogP contribution in [-0.4, -0.2) is 15.0 Å². The highest BCUT2D eigenvalue weighted by Crippen LogP contribution is 2.30. The fourth-order valence-corrected chi connectivity index (χ4v) is 2.55. The smallest absolute Gasteiger partial charge is 0.165 e. The van der Waals surface area contributed by atoms with Crippen molar-refractivity contribution in [2.24, 2.45) is 11.8 Å². The molecule has 1 saturated carbocycles. The van der Waals surface area contributed by atoms with Gasteiger partial charge in [0.05, 0.1) is 6.20 Å². The molecule has 1 atom stereocenters. The first-order chi connectivity index (χ1) is 7.25. The number of nitrogen functional groups attached to an aromatic ring is 1. The third-order valence-electron chi connectivity index (χ3n) is 3.49. The van der Waals surface area contributed by atoms with Gasteiger partial charge in [0.2, 0.25) is 0 Å². The van der Waals surface area contributed by atoms with Crippen molar-refractivity contribution in [2.45, 2.75) is 45.6 Å². The lowest BCUT2D eigenvalue weighted by Gasteiger charge is -2.27. The molecule has 84 valence electrons. The van der Waals surface area contributed by atoms with E-state index in [1.165, 1.54) is 32.1 Å². The van der Waals surface area contributed by atoms with E-state index >= 15 is 0 Å². The van der Waals surface area contributed by atoms with Crippen molar-refractivity contribution in [1.82, 2.24) is 15.0 Å². The molecule has 1 aliphatic rings. The van der Waals surface area contributed by atoms with Crippen LogP contribution >= 0.6 is 0 Å². The first-order valence-corrected chi connectivity index (χ1v) is 5.91. The van der Waals surface area contributed by atoms with Crippen molar-refractivity contribution in [1.29, 1.82) is 0 Å². The van der Waals surface area contributed by atoms with Crippen LogP contribution in [0.15, 0.2) is 6.20 Å². The molecule has 0 saturated heterocycles. The Bertz CT molecular complexity index is 301. The number of anilines is 1. The summed E-state index contributed by atoms with van der Waals surface area (Å²) in [5.74, 6) is 2.07. The highest BCUT2D eigenvalue weighted by Gasteiger charge is 2.20. The summed E-state index contributed by atoms with van der Waals surface area (Å²) < 4.78 is 1.87. The maximum Gasteiger partial charge on any atom is 0.165 e. The molecule has 0 aromatic carbocycles. The van der Waals surface area contributed by atoms with E-state index in [-0.39, 0.29) is 0 Å². The molecule has 1 heterocycles. The van der Waals surface area contributed by atoms with Gasteiger partial charge in [0.25, 0.3) is 0 Å². The summed E-state index contributed by atoms with van der Waals surface area (Å²) in [6.07, 6.45) is 8.79. The van der Waals surface area contributed by atoms with Gasteiger partial charge in [-0.2, -0.15) is 0 Å². The number of rotatable bonds is 3. The Labute approximate surface area is 90.8 Å². The van der Waals surface area contributed by atoms with E-state index in [9.17, 15) is 0 Å². The Kier molecular flexibility index (Phi) is 3.23. The van der Waals surface area contributed by atoms with Crippen LogP contribution < -0.4 is 5.73 Å². The van der Waals surface area contributed by atoms with Crippen molar-refractivity contribution in [3.63, 3.8) is 0 Å². The fourth-order valence-electron chi connectivity index (χ4n) is 2.55. The average molecular weight is 208 g/mol.